The number of hydrogen-bond acceptors (Lipinski definition) is 5. The average Bonchev–Trinajstić information content (AvgIpc) is 3.31. The number of benzene rings is 4. The fourth-order valence-corrected chi connectivity index (χ4v) is 6.92. The van der Waals surface area contributed by atoms with Gasteiger partial charge in [0.05, 0.1) is 17.2 Å². The third kappa shape index (κ3) is 6.09. The molecule has 4 aromatic rings. The van der Waals surface area contributed by atoms with Crippen LogP contribution >= 0.6 is 11.8 Å². The van der Waals surface area contributed by atoms with Gasteiger partial charge in [0, 0.05) is 6.04 Å². The van der Waals surface area contributed by atoms with Gasteiger partial charge in [0.25, 0.3) is 5.91 Å². The Labute approximate surface area is 252 Å². The Morgan fingerprint density at radius 1 is 0.905 bits per heavy atom. The van der Waals surface area contributed by atoms with Crippen molar-refractivity contribution >= 4 is 45.4 Å². The Morgan fingerprint density at radius 3 is 2.52 bits per heavy atom. The number of nitrogens with zero attached hydrogens (tertiary/aromatic N) is 2. The van der Waals surface area contributed by atoms with Gasteiger partial charge in [0.2, 0.25) is 0 Å². The maximum atomic E-state index is 13.9. The molecule has 4 aromatic carbocycles. The van der Waals surface area contributed by atoms with E-state index in [1.807, 2.05) is 78.6 Å². The first kappa shape index (κ1) is 28.1. The molecule has 1 aliphatic heterocycles. The molecule has 42 heavy (non-hydrogen) atoms. The molecule has 1 amide bonds. The van der Waals surface area contributed by atoms with Crippen LogP contribution in [0.25, 0.3) is 16.8 Å². The maximum absolute atomic E-state index is 13.9. The van der Waals surface area contributed by atoms with E-state index in [0.29, 0.717) is 35.5 Å². The number of ether oxygens (including phenoxy) is 2. The molecule has 2 fully saturated rings. The van der Waals surface area contributed by atoms with E-state index in [1.165, 1.54) is 29.0 Å². The number of rotatable bonds is 8. The van der Waals surface area contributed by atoms with Crippen LogP contribution < -0.4 is 9.47 Å². The van der Waals surface area contributed by atoms with Crippen molar-refractivity contribution in [1.29, 1.82) is 0 Å². The summed E-state index contributed by atoms with van der Waals surface area (Å²) in [6.07, 6.45) is 6.45. The quantitative estimate of drug-likeness (QED) is 0.196. The number of hydrogen-bond donors (Lipinski definition) is 0. The highest BCUT2D eigenvalue weighted by atomic mass is 32.2. The van der Waals surface area contributed by atoms with Gasteiger partial charge < -0.3 is 9.47 Å². The second-order valence-corrected chi connectivity index (χ2v) is 11.9. The maximum Gasteiger partial charge on any atom is 0.267 e. The Hall–Kier alpha value is -4.03. The molecule has 0 bridgehead atoms. The third-order valence-corrected chi connectivity index (χ3v) is 9.03. The number of fused-ring (bicyclic) bond motifs is 1. The van der Waals surface area contributed by atoms with Gasteiger partial charge in [0.1, 0.15) is 6.61 Å². The number of carbonyl (C=O) groups is 1. The second kappa shape index (κ2) is 12.9. The number of amides is 1. The SMILES string of the molecule is CCOc1cc(/C=C2\SC(=Nc3ccccc3)N([C@H]3CCCC[C@H]3C)C2=O)ccc1OCc1cccc2ccccc12. The van der Waals surface area contributed by atoms with Crippen LogP contribution in [-0.4, -0.2) is 28.6 Å². The molecular formula is C36H36N2O3S. The molecular weight excluding hydrogens is 540 g/mol. The lowest BCUT2D eigenvalue weighted by Crippen LogP contribution is -2.44. The number of amidine groups is 1. The molecule has 1 heterocycles. The highest BCUT2D eigenvalue weighted by Gasteiger charge is 2.41. The molecule has 1 saturated carbocycles. The van der Waals surface area contributed by atoms with Gasteiger partial charge in [0.15, 0.2) is 16.7 Å². The monoisotopic (exact) mass is 576 g/mol. The van der Waals surface area contributed by atoms with Crippen LogP contribution in [0.4, 0.5) is 5.69 Å². The van der Waals surface area contributed by atoms with Gasteiger partial charge in [-0.15, -0.1) is 0 Å². The van der Waals surface area contributed by atoms with E-state index in [9.17, 15) is 4.79 Å². The number of aliphatic imine (C=N–C) groups is 1. The van der Waals surface area contributed by atoms with Gasteiger partial charge in [-0.1, -0.05) is 86.5 Å². The first-order valence-corrected chi connectivity index (χ1v) is 15.7. The molecule has 1 saturated heterocycles. The summed E-state index contributed by atoms with van der Waals surface area (Å²) in [6, 6.07) is 30.5. The van der Waals surface area contributed by atoms with Gasteiger partial charge in [-0.05, 0) is 89.7 Å². The van der Waals surface area contributed by atoms with E-state index in [0.717, 1.165) is 41.2 Å². The Kier molecular flexibility index (Phi) is 8.61. The zero-order valence-corrected chi connectivity index (χ0v) is 25.0. The van der Waals surface area contributed by atoms with E-state index < -0.39 is 0 Å². The lowest BCUT2D eigenvalue weighted by molar-refractivity contribution is -0.124. The van der Waals surface area contributed by atoms with Crippen LogP contribution in [0.2, 0.25) is 0 Å². The van der Waals surface area contributed by atoms with Crippen molar-refractivity contribution < 1.29 is 14.3 Å². The van der Waals surface area contributed by atoms with E-state index in [-0.39, 0.29) is 11.9 Å². The summed E-state index contributed by atoms with van der Waals surface area (Å²) in [6.45, 7) is 5.17. The highest BCUT2D eigenvalue weighted by molar-refractivity contribution is 8.18. The number of thioether (sulfide) groups is 1. The minimum Gasteiger partial charge on any atom is -0.490 e. The molecule has 2 aliphatic rings. The second-order valence-electron chi connectivity index (χ2n) is 10.9. The van der Waals surface area contributed by atoms with Crippen molar-refractivity contribution in [2.45, 2.75) is 52.2 Å². The van der Waals surface area contributed by atoms with Crippen molar-refractivity contribution in [3.8, 4) is 11.5 Å². The first-order valence-electron chi connectivity index (χ1n) is 14.8. The zero-order chi connectivity index (χ0) is 28.9. The topological polar surface area (TPSA) is 51.1 Å². The number of carbonyl (C=O) groups excluding carboxylic acids is 1. The van der Waals surface area contributed by atoms with Crippen LogP contribution in [0.1, 0.15) is 50.7 Å². The van der Waals surface area contributed by atoms with Crippen LogP contribution in [0.5, 0.6) is 11.5 Å². The fourth-order valence-electron chi connectivity index (χ4n) is 5.88. The van der Waals surface area contributed by atoms with E-state index in [4.69, 9.17) is 14.5 Å². The molecule has 5 nitrogen and oxygen atoms in total. The zero-order valence-electron chi connectivity index (χ0n) is 24.2. The number of para-hydroxylation sites is 1. The van der Waals surface area contributed by atoms with Gasteiger partial charge >= 0.3 is 0 Å². The molecule has 214 valence electrons. The van der Waals surface area contributed by atoms with Gasteiger partial charge in [-0.25, -0.2) is 4.99 Å². The van der Waals surface area contributed by atoms with Crippen LogP contribution in [0.15, 0.2) is 101 Å². The van der Waals surface area contributed by atoms with Crippen molar-refractivity contribution in [2.75, 3.05) is 6.61 Å². The summed E-state index contributed by atoms with van der Waals surface area (Å²) in [5.74, 6) is 1.81. The summed E-state index contributed by atoms with van der Waals surface area (Å²) in [5, 5.41) is 3.13. The molecule has 0 N–H and O–H groups in total. The van der Waals surface area contributed by atoms with Crippen molar-refractivity contribution in [3.05, 3.63) is 107 Å². The van der Waals surface area contributed by atoms with Gasteiger partial charge in [-0.2, -0.15) is 0 Å². The molecule has 0 radical (unpaired) electrons. The predicted octanol–water partition coefficient (Wildman–Crippen LogP) is 9.00. The Balaban J connectivity index is 1.28. The van der Waals surface area contributed by atoms with Crippen molar-refractivity contribution in [1.82, 2.24) is 4.90 Å². The highest BCUT2D eigenvalue weighted by Crippen LogP contribution is 2.41. The van der Waals surface area contributed by atoms with Gasteiger partial charge in [-0.3, -0.25) is 9.69 Å². The minimum absolute atomic E-state index is 0.0303. The lowest BCUT2D eigenvalue weighted by Gasteiger charge is -2.35. The molecule has 0 aromatic heterocycles. The van der Waals surface area contributed by atoms with E-state index >= 15 is 0 Å². The molecule has 0 spiro atoms. The summed E-state index contributed by atoms with van der Waals surface area (Å²) in [4.78, 5) is 21.5. The minimum atomic E-state index is 0.0303. The van der Waals surface area contributed by atoms with E-state index in [2.05, 4.69) is 37.3 Å². The molecule has 2 atom stereocenters. The summed E-state index contributed by atoms with van der Waals surface area (Å²) >= 11 is 1.46. The Morgan fingerprint density at radius 2 is 1.69 bits per heavy atom. The molecule has 6 rings (SSSR count). The fraction of sp³-hybridized carbons (Fsp3) is 0.278. The summed E-state index contributed by atoms with van der Waals surface area (Å²) in [7, 11) is 0. The lowest BCUT2D eigenvalue weighted by atomic mass is 9.85. The van der Waals surface area contributed by atoms with Crippen molar-refractivity contribution in [3.63, 3.8) is 0 Å². The smallest absolute Gasteiger partial charge is 0.267 e. The van der Waals surface area contributed by atoms with Crippen LogP contribution in [0.3, 0.4) is 0 Å². The van der Waals surface area contributed by atoms with E-state index in [1.54, 1.807) is 0 Å². The Bertz CT molecular complexity index is 1630. The van der Waals surface area contributed by atoms with Crippen LogP contribution in [0, 0.1) is 5.92 Å². The summed E-state index contributed by atoms with van der Waals surface area (Å²) in [5.41, 5.74) is 2.87. The molecule has 6 heteroatoms. The molecule has 1 aliphatic carbocycles. The standard InChI is InChI=1S/C36H36N2O3S/c1-3-40-33-22-26(20-21-32(33)41-24-28-15-11-14-27-13-8-9-18-30(27)28)23-34-35(39)38(31-19-10-7-12-25(31)2)36(42-34)37-29-16-5-4-6-17-29/h4-6,8-9,11,13-18,20-23,25,31H,3,7,10,12,19,24H2,1-2H3/b34-23-,37-36?/t25-,31+/m1/s1. The largest absolute Gasteiger partial charge is 0.490 e. The normalized spacial score (nSPS) is 20.9. The molecule has 0 unspecified atom stereocenters. The predicted molar refractivity (Wildman–Crippen MR) is 173 cm³/mol. The summed E-state index contributed by atoms with van der Waals surface area (Å²) < 4.78 is 12.3. The first-order chi connectivity index (χ1) is 20.6. The third-order valence-electron chi connectivity index (χ3n) is 8.04. The average molecular weight is 577 g/mol. The van der Waals surface area contributed by atoms with Crippen LogP contribution in [-0.2, 0) is 11.4 Å². The van der Waals surface area contributed by atoms with Crippen molar-refractivity contribution in [2.24, 2.45) is 10.9 Å².